The van der Waals surface area contributed by atoms with E-state index in [-0.39, 0.29) is 16.9 Å². The van der Waals surface area contributed by atoms with E-state index >= 15 is 0 Å². The molecule has 0 unspecified atom stereocenters. The van der Waals surface area contributed by atoms with Gasteiger partial charge in [-0.25, -0.2) is 14.4 Å². The number of hydrogen-bond donors (Lipinski definition) is 2. The molecule has 2 aromatic carbocycles. The van der Waals surface area contributed by atoms with E-state index in [1.54, 1.807) is 12.1 Å². The Balaban J connectivity index is 1.68. The number of aromatic nitrogens is 2. The molecule has 0 atom stereocenters. The number of anilines is 3. The molecule has 24 heavy (non-hydrogen) atoms. The first-order valence-electron chi connectivity index (χ1n) is 7.02. The van der Waals surface area contributed by atoms with Gasteiger partial charge in [0.2, 0.25) is 5.95 Å². The summed E-state index contributed by atoms with van der Waals surface area (Å²) in [5, 5.41) is 5.62. The highest BCUT2D eigenvalue weighted by Gasteiger charge is 2.08. The number of carbonyl (C=O) groups is 1. The summed E-state index contributed by atoms with van der Waals surface area (Å²) < 4.78 is 13.1. The number of benzene rings is 2. The number of amides is 1. The van der Waals surface area contributed by atoms with E-state index in [2.05, 4.69) is 20.6 Å². The molecule has 0 saturated carbocycles. The van der Waals surface area contributed by atoms with Gasteiger partial charge in [-0.2, -0.15) is 0 Å². The zero-order valence-corrected chi connectivity index (χ0v) is 13.1. The van der Waals surface area contributed by atoms with Crippen molar-refractivity contribution in [2.75, 3.05) is 10.6 Å². The van der Waals surface area contributed by atoms with Gasteiger partial charge in [-0.15, -0.1) is 0 Å². The average molecular weight is 343 g/mol. The van der Waals surface area contributed by atoms with Crippen molar-refractivity contribution in [2.24, 2.45) is 0 Å². The Kier molecular flexibility index (Phi) is 4.67. The fraction of sp³-hybridized carbons (Fsp3) is 0. The number of nitrogens with zero attached hydrogens (tertiary/aromatic N) is 2. The first-order chi connectivity index (χ1) is 11.6. The topological polar surface area (TPSA) is 66.9 Å². The van der Waals surface area contributed by atoms with Crippen molar-refractivity contribution in [3.8, 4) is 0 Å². The lowest BCUT2D eigenvalue weighted by atomic mass is 10.3. The molecule has 1 aromatic heterocycles. The Bertz CT molecular complexity index is 856. The van der Waals surface area contributed by atoms with E-state index in [9.17, 15) is 9.18 Å². The van der Waals surface area contributed by atoms with Crippen LogP contribution in [0.1, 0.15) is 10.4 Å². The SMILES string of the molecule is O=C(Nc1ccccc1)c1cnc(Nc2ccc(F)c(Cl)c2)nc1. The summed E-state index contributed by atoms with van der Waals surface area (Å²) in [7, 11) is 0. The van der Waals surface area contributed by atoms with Gasteiger partial charge in [-0.1, -0.05) is 29.8 Å². The molecule has 5 nitrogen and oxygen atoms in total. The van der Waals surface area contributed by atoms with E-state index in [1.807, 2.05) is 18.2 Å². The first kappa shape index (κ1) is 15.9. The lowest BCUT2D eigenvalue weighted by Gasteiger charge is -2.07. The third kappa shape index (κ3) is 3.85. The fourth-order valence-electron chi connectivity index (χ4n) is 1.94. The number of halogens is 2. The molecule has 0 radical (unpaired) electrons. The van der Waals surface area contributed by atoms with Crippen LogP contribution in [0, 0.1) is 5.82 Å². The third-order valence-corrected chi connectivity index (χ3v) is 3.41. The standard InChI is InChI=1S/C17H12ClFN4O/c18-14-8-13(6-7-15(14)19)23-17-20-9-11(10-21-17)16(24)22-12-4-2-1-3-5-12/h1-10H,(H,22,24)(H,20,21,23). The van der Waals surface area contributed by atoms with Crippen LogP contribution in [-0.4, -0.2) is 15.9 Å². The minimum Gasteiger partial charge on any atom is -0.324 e. The van der Waals surface area contributed by atoms with Crippen molar-refractivity contribution in [3.05, 3.63) is 77.3 Å². The highest BCUT2D eigenvalue weighted by molar-refractivity contribution is 6.31. The Labute approximate surface area is 142 Å². The summed E-state index contributed by atoms with van der Waals surface area (Å²) >= 11 is 5.72. The third-order valence-electron chi connectivity index (χ3n) is 3.12. The van der Waals surface area contributed by atoms with Crippen molar-refractivity contribution in [1.82, 2.24) is 9.97 Å². The summed E-state index contributed by atoms with van der Waals surface area (Å²) in [6, 6.07) is 13.3. The van der Waals surface area contributed by atoms with E-state index in [4.69, 9.17) is 11.6 Å². The number of carbonyl (C=O) groups excluding carboxylic acids is 1. The number of rotatable bonds is 4. The van der Waals surface area contributed by atoms with Crippen molar-refractivity contribution in [3.63, 3.8) is 0 Å². The van der Waals surface area contributed by atoms with Crippen molar-refractivity contribution < 1.29 is 9.18 Å². The van der Waals surface area contributed by atoms with Crippen molar-refractivity contribution in [1.29, 1.82) is 0 Å². The van der Waals surface area contributed by atoms with Gasteiger partial charge in [0.15, 0.2) is 0 Å². The van der Waals surface area contributed by atoms with Gasteiger partial charge in [0.1, 0.15) is 5.82 Å². The predicted molar refractivity (Wildman–Crippen MR) is 91.1 cm³/mol. The van der Waals surface area contributed by atoms with Crippen LogP contribution < -0.4 is 10.6 Å². The Morgan fingerprint density at radius 2 is 1.71 bits per heavy atom. The molecule has 0 saturated heterocycles. The smallest absolute Gasteiger partial charge is 0.258 e. The monoisotopic (exact) mass is 342 g/mol. The van der Waals surface area contributed by atoms with E-state index < -0.39 is 5.82 Å². The fourth-order valence-corrected chi connectivity index (χ4v) is 2.12. The molecule has 0 spiro atoms. The van der Waals surface area contributed by atoms with Crippen LogP contribution in [0.15, 0.2) is 60.9 Å². The highest BCUT2D eigenvalue weighted by atomic mass is 35.5. The molecule has 0 bridgehead atoms. The van der Waals surface area contributed by atoms with Crippen molar-refractivity contribution >= 4 is 34.8 Å². The summed E-state index contributed by atoms with van der Waals surface area (Å²) in [4.78, 5) is 20.2. The van der Waals surface area contributed by atoms with Gasteiger partial charge in [-0.3, -0.25) is 4.79 Å². The maximum absolute atomic E-state index is 13.1. The quantitative estimate of drug-likeness (QED) is 0.743. The van der Waals surface area contributed by atoms with Crippen LogP contribution in [0.5, 0.6) is 0 Å². The summed E-state index contributed by atoms with van der Waals surface area (Å²) in [6.45, 7) is 0. The maximum atomic E-state index is 13.1. The molecule has 7 heteroatoms. The zero-order chi connectivity index (χ0) is 16.9. The summed E-state index contributed by atoms with van der Waals surface area (Å²) in [6.07, 6.45) is 2.80. The van der Waals surface area contributed by atoms with Crippen molar-refractivity contribution in [2.45, 2.75) is 0 Å². The number of hydrogen-bond acceptors (Lipinski definition) is 4. The molecule has 0 fully saturated rings. The predicted octanol–water partition coefficient (Wildman–Crippen LogP) is 4.27. The largest absolute Gasteiger partial charge is 0.324 e. The molecule has 3 aromatic rings. The lowest BCUT2D eigenvalue weighted by molar-refractivity contribution is 0.102. The molecule has 0 aliphatic rings. The molecule has 0 aliphatic heterocycles. The first-order valence-corrected chi connectivity index (χ1v) is 7.40. The lowest BCUT2D eigenvalue weighted by Crippen LogP contribution is -2.13. The Hall–Kier alpha value is -2.99. The van der Waals surface area contributed by atoms with E-state index in [1.165, 1.54) is 30.6 Å². The molecule has 120 valence electrons. The van der Waals surface area contributed by atoms with Crippen LogP contribution in [-0.2, 0) is 0 Å². The van der Waals surface area contributed by atoms with E-state index in [0.717, 1.165) is 0 Å². The number of para-hydroxylation sites is 1. The van der Waals surface area contributed by atoms with Crippen LogP contribution in [0.25, 0.3) is 0 Å². The van der Waals surface area contributed by atoms with Gasteiger partial charge in [-0.05, 0) is 30.3 Å². The second-order valence-electron chi connectivity index (χ2n) is 4.87. The van der Waals surface area contributed by atoms with E-state index in [0.29, 0.717) is 16.9 Å². The number of nitrogens with one attached hydrogen (secondary N) is 2. The van der Waals surface area contributed by atoms with Gasteiger partial charge in [0.25, 0.3) is 5.91 Å². The van der Waals surface area contributed by atoms with Gasteiger partial charge >= 0.3 is 0 Å². The summed E-state index contributed by atoms with van der Waals surface area (Å²) in [5.74, 6) is -0.539. The average Bonchev–Trinajstić information content (AvgIpc) is 2.60. The van der Waals surface area contributed by atoms with Gasteiger partial charge in [0, 0.05) is 23.8 Å². The molecule has 1 amide bonds. The molecule has 2 N–H and O–H groups in total. The zero-order valence-electron chi connectivity index (χ0n) is 12.3. The maximum Gasteiger partial charge on any atom is 0.258 e. The second kappa shape index (κ2) is 7.06. The minimum absolute atomic E-state index is 0.00106. The minimum atomic E-state index is -0.504. The van der Waals surface area contributed by atoms with Crippen LogP contribution in [0.4, 0.5) is 21.7 Å². The molecular formula is C17H12ClFN4O. The molecule has 3 rings (SSSR count). The van der Waals surface area contributed by atoms with Crippen LogP contribution in [0.3, 0.4) is 0 Å². The second-order valence-corrected chi connectivity index (χ2v) is 5.28. The van der Waals surface area contributed by atoms with Gasteiger partial charge in [0.05, 0.1) is 10.6 Å². The Morgan fingerprint density at radius 1 is 1.00 bits per heavy atom. The highest BCUT2D eigenvalue weighted by Crippen LogP contribution is 2.21. The van der Waals surface area contributed by atoms with Crippen LogP contribution in [0.2, 0.25) is 5.02 Å². The molecular weight excluding hydrogens is 331 g/mol. The molecule has 1 heterocycles. The Morgan fingerprint density at radius 3 is 2.38 bits per heavy atom. The summed E-state index contributed by atoms with van der Waals surface area (Å²) in [5.41, 5.74) is 1.55. The van der Waals surface area contributed by atoms with Gasteiger partial charge < -0.3 is 10.6 Å². The normalized spacial score (nSPS) is 10.2. The van der Waals surface area contributed by atoms with Crippen LogP contribution >= 0.6 is 11.6 Å². The molecule has 0 aliphatic carbocycles.